The summed E-state index contributed by atoms with van der Waals surface area (Å²) < 4.78 is 4.82. The van der Waals surface area contributed by atoms with Crippen LogP contribution in [0.1, 0.15) is 25.3 Å². The van der Waals surface area contributed by atoms with Crippen molar-refractivity contribution in [1.82, 2.24) is 5.16 Å². The van der Waals surface area contributed by atoms with Crippen LogP contribution in [-0.4, -0.2) is 5.16 Å². The van der Waals surface area contributed by atoms with Crippen LogP contribution in [0.25, 0.3) is 11.3 Å². The van der Waals surface area contributed by atoms with Gasteiger partial charge in [-0.05, 0) is 11.5 Å². The summed E-state index contributed by atoms with van der Waals surface area (Å²) in [6.07, 6.45) is 0. The quantitative estimate of drug-likeness (QED) is 0.814. The third kappa shape index (κ3) is 2.01. The monoisotopic (exact) mass is 202 g/mol. The highest BCUT2D eigenvalue weighted by Gasteiger charge is 2.04. The first kappa shape index (κ1) is 9.77. The summed E-state index contributed by atoms with van der Waals surface area (Å²) in [4.78, 5) is 0. The highest BCUT2D eigenvalue weighted by atomic mass is 16.5. The van der Waals surface area contributed by atoms with Gasteiger partial charge in [0, 0.05) is 11.6 Å². The average Bonchev–Trinajstić information content (AvgIpc) is 2.65. The minimum atomic E-state index is 0.345. The molecule has 0 aliphatic rings. The van der Waals surface area contributed by atoms with Crippen LogP contribution in [0.5, 0.6) is 0 Å². The molecule has 0 spiro atoms. The number of aromatic nitrogens is 1. The Kier molecular flexibility index (Phi) is 2.46. The van der Waals surface area contributed by atoms with Gasteiger partial charge >= 0.3 is 0 Å². The molecule has 0 radical (unpaired) electrons. The van der Waals surface area contributed by atoms with Gasteiger partial charge in [0.25, 0.3) is 0 Å². The van der Waals surface area contributed by atoms with Crippen LogP contribution in [-0.2, 0) is 0 Å². The van der Waals surface area contributed by atoms with Gasteiger partial charge in [-0.15, -0.1) is 0 Å². The van der Waals surface area contributed by atoms with E-state index in [1.54, 1.807) is 6.07 Å². The maximum Gasteiger partial charge on any atom is 0.222 e. The van der Waals surface area contributed by atoms with Gasteiger partial charge in [0.2, 0.25) is 5.88 Å². The fourth-order valence-electron chi connectivity index (χ4n) is 1.46. The summed E-state index contributed by atoms with van der Waals surface area (Å²) in [5.74, 6) is 0.888. The van der Waals surface area contributed by atoms with Crippen molar-refractivity contribution in [2.24, 2.45) is 0 Å². The van der Waals surface area contributed by atoms with Crippen LogP contribution in [0.15, 0.2) is 34.9 Å². The molecule has 0 aliphatic heterocycles. The molecule has 0 amide bonds. The lowest BCUT2D eigenvalue weighted by Crippen LogP contribution is -1.86. The number of rotatable bonds is 2. The van der Waals surface area contributed by atoms with Crippen molar-refractivity contribution < 1.29 is 4.52 Å². The Labute approximate surface area is 88.9 Å². The molecule has 2 N–H and O–H groups in total. The van der Waals surface area contributed by atoms with E-state index in [0.717, 1.165) is 11.3 Å². The lowest BCUT2D eigenvalue weighted by Gasteiger charge is -2.04. The van der Waals surface area contributed by atoms with E-state index >= 15 is 0 Å². The van der Waals surface area contributed by atoms with E-state index in [9.17, 15) is 0 Å². The normalized spacial score (nSPS) is 10.9. The van der Waals surface area contributed by atoms with E-state index in [4.69, 9.17) is 10.3 Å². The van der Waals surface area contributed by atoms with Crippen LogP contribution < -0.4 is 5.73 Å². The highest BCUT2D eigenvalue weighted by molar-refractivity contribution is 5.61. The van der Waals surface area contributed by atoms with Crippen LogP contribution in [0.4, 0.5) is 5.88 Å². The lowest BCUT2D eigenvalue weighted by molar-refractivity contribution is 0.439. The zero-order valence-corrected chi connectivity index (χ0v) is 8.90. The molecule has 1 heterocycles. The van der Waals surface area contributed by atoms with Crippen molar-refractivity contribution in [1.29, 1.82) is 0 Å². The molecule has 0 aliphatic carbocycles. The predicted octanol–water partition coefficient (Wildman–Crippen LogP) is 3.05. The zero-order chi connectivity index (χ0) is 10.8. The maximum absolute atomic E-state index is 5.46. The second-order valence-corrected chi connectivity index (χ2v) is 3.89. The van der Waals surface area contributed by atoms with Crippen LogP contribution >= 0.6 is 0 Å². The smallest absolute Gasteiger partial charge is 0.222 e. The van der Waals surface area contributed by atoms with Gasteiger partial charge in [0.1, 0.15) is 5.69 Å². The largest absolute Gasteiger partial charge is 0.368 e. The number of hydrogen-bond acceptors (Lipinski definition) is 3. The number of nitrogens with two attached hydrogens (primary N) is 1. The average molecular weight is 202 g/mol. The Hall–Kier alpha value is -1.77. The van der Waals surface area contributed by atoms with Gasteiger partial charge < -0.3 is 10.3 Å². The lowest BCUT2D eigenvalue weighted by atomic mass is 10.0. The second-order valence-electron chi connectivity index (χ2n) is 3.89. The minimum Gasteiger partial charge on any atom is -0.368 e. The van der Waals surface area contributed by atoms with Crippen molar-refractivity contribution in [3.63, 3.8) is 0 Å². The molecule has 3 heteroatoms. The summed E-state index contributed by atoms with van der Waals surface area (Å²) >= 11 is 0. The molecule has 0 saturated carbocycles. The molecule has 78 valence electrons. The summed E-state index contributed by atoms with van der Waals surface area (Å²) in [7, 11) is 0. The van der Waals surface area contributed by atoms with Crippen molar-refractivity contribution in [2.45, 2.75) is 19.8 Å². The van der Waals surface area contributed by atoms with Crippen molar-refractivity contribution >= 4 is 5.88 Å². The van der Waals surface area contributed by atoms with Crippen LogP contribution in [0.2, 0.25) is 0 Å². The molecule has 2 aromatic rings. The first-order valence-electron chi connectivity index (χ1n) is 4.99. The number of hydrogen-bond donors (Lipinski definition) is 1. The molecule has 1 aromatic heterocycles. The van der Waals surface area contributed by atoms with Gasteiger partial charge in [-0.3, -0.25) is 0 Å². The molecule has 0 unspecified atom stereocenters. The third-order valence-corrected chi connectivity index (χ3v) is 2.40. The molecule has 0 saturated heterocycles. The Morgan fingerprint density at radius 2 is 1.87 bits per heavy atom. The van der Waals surface area contributed by atoms with Gasteiger partial charge in [-0.1, -0.05) is 43.3 Å². The number of nitrogen functional groups attached to an aromatic ring is 1. The standard InChI is InChI=1S/C12H14N2O/c1-8(2)9-3-5-10(6-4-9)11-7-12(13)15-14-11/h3-8H,13H2,1-2H3. The maximum atomic E-state index is 5.46. The molecule has 1 aromatic carbocycles. The van der Waals surface area contributed by atoms with Gasteiger partial charge in [0.15, 0.2) is 0 Å². The number of anilines is 1. The van der Waals surface area contributed by atoms with Crippen molar-refractivity contribution in [2.75, 3.05) is 5.73 Å². The molecular weight excluding hydrogens is 188 g/mol. The summed E-state index contributed by atoms with van der Waals surface area (Å²) in [5.41, 5.74) is 8.59. The summed E-state index contributed by atoms with van der Waals surface area (Å²) in [6, 6.07) is 10.00. The van der Waals surface area contributed by atoms with Crippen LogP contribution in [0.3, 0.4) is 0 Å². The molecule has 3 nitrogen and oxygen atoms in total. The summed E-state index contributed by atoms with van der Waals surface area (Å²) in [6.45, 7) is 4.34. The molecule has 0 fully saturated rings. The molecule has 0 bridgehead atoms. The van der Waals surface area contributed by atoms with Gasteiger partial charge in [-0.25, -0.2) is 0 Å². The second kappa shape index (κ2) is 3.77. The SMILES string of the molecule is CC(C)c1ccc(-c2cc(N)on2)cc1. The zero-order valence-electron chi connectivity index (χ0n) is 8.90. The van der Waals surface area contributed by atoms with Gasteiger partial charge in [-0.2, -0.15) is 0 Å². The van der Waals surface area contributed by atoms with E-state index in [0.29, 0.717) is 11.8 Å². The molecule has 2 rings (SSSR count). The Morgan fingerprint density at radius 1 is 1.20 bits per heavy atom. The molecule has 15 heavy (non-hydrogen) atoms. The highest BCUT2D eigenvalue weighted by Crippen LogP contribution is 2.22. The first-order valence-corrected chi connectivity index (χ1v) is 4.99. The van der Waals surface area contributed by atoms with Crippen LogP contribution in [0, 0.1) is 0 Å². The fourth-order valence-corrected chi connectivity index (χ4v) is 1.46. The topological polar surface area (TPSA) is 52.0 Å². The predicted molar refractivity (Wildman–Crippen MR) is 60.4 cm³/mol. The summed E-state index contributed by atoms with van der Waals surface area (Å²) in [5, 5.41) is 3.86. The van der Waals surface area contributed by atoms with Crippen molar-refractivity contribution in [3.8, 4) is 11.3 Å². The Morgan fingerprint density at radius 3 is 2.33 bits per heavy atom. The van der Waals surface area contributed by atoms with E-state index in [1.165, 1.54) is 5.56 Å². The van der Waals surface area contributed by atoms with E-state index < -0.39 is 0 Å². The Balaban J connectivity index is 2.31. The van der Waals surface area contributed by atoms with E-state index in [-0.39, 0.29) is 0 Å². The Bertz CT molecular complexity index is 443. The fraction of sp³-hybridized carbons (Fsp3) is 0.250. The third-order valence-electron chi connectivity index (χ3n) is 2.40. The van der Waals surface area contributed by atoms with Gasteiger partial charge in [0.05, 0.1) is 0 Å². The van der Waals surface area contributed by atoms with E-state index in [2.05, 4.69) is 31.1 Å². The number of nitrogens with zero attached hydrogens (tertiary/aromatic N) is 1. The number of benzene rings is 1. The van der Waals surface area contributed by atoms with Crippen molar-refractivity contribution in [3.05, 3.63) is 35.9 Å². The van der Waals surface area contributed by atoms with E-state index in [1.807, 2.05) is 12.1 Å². The molecular formula is C12H14N2O. The minimum absolute atomic E-state index is 0.345. The molecule has 0 atom stereocenters. The first-order chi connectivity index (χ1) is 7.16.